The van der Waals surface area contributed by atoms with E-state index in [1.165, 1.54) is 25.9 Å². The SMILES string of the molecule is OC(c1ccc(OCCN2CCCC2)cc1)c1cccc(Cl)c1. The minimum Gasteiger partial charge on any atom is -0.492 e. The van der Waals surface area contributed by atoms with Crippen LogP contribution in [0.25, 0.3) is 0 Å². The third-order valence-corrected chi connectivity index (χ3v) is 4.47. The van der Waals surface area contributed by atoms with E-state index in [0.717, 1.165) is 23.4 Å². The zero-order valence-corrected chi connectivity index (χ0v) is 13.9. The Hall–Kier alpha value is -1.55. The first kappa shape index (κ1) is 16.3. The van der Waals surface area contributed by atoms with E-state index in [1.54, 1.807) is 12.1 Å². The molecule has 1 unspecified atom stereocenters. The van der Waals surface area contributed by atoms with Crippen molar-refractivity contribution in [2.75, 3.05) is 26.2 Å². The Bertz CT molecular complexity index is 624. The van der Waals surface area contributed by atoms with Crippen LogP contribution in [0.5, 0.6) is 5.75 Å². The molecule has 0 bridgehead atoms. The fourth-order valence-corrected chi connectivity index (χ4v) is 3.11. The highest BCUT2D eigenvalue weighted by Gasteiger charge is 2.12. The smallest absolute Gasteiger partial charge is 0.119 e. The molecule has 1 heterocycles. The Balaban J connectivity index is 1.55. The van der Waals surface area contributed by atoms with Crippen molar-refractivity contribution in [2.45, 2.75) is 18.9 Å². The van der Waals surface area contributed by atoms with Crippen molar-refractivity contribution in [3.63, 3.8) is 0 Å². The lowest BCUT2D eigenvalue weighted by Crippen LogP contribution is -2.25. The molecule has 0 aliphatic carbocycles. The first-order valence-electron chi connectivity index (χ1n) is 8.11. The van der Waals surface area contributed by atoms with E-state index in [9.17, 15) is 5.11 Å². The number of hydrogen-bond acceptors (Lipinski definition) is 3. The fraction of sp³-hybridized carbons (Fsp3) is 0.368. The lowest BCUT2D eigenvalue weighted by Gasteiger charge is -2.16. The number of benzene rings is 2. The third-order valence-electron chi connectivity index (χ3n) is 4.24. The average Bonchev–Trinajstić information content (AvgIpc) is 3.08. The number of aliphatic hydroxyl groups is 1. The Labute approximate surface area is 142 Å². The Kier molecular flexibility index (Phi) is 5.55. The van der Waals surface area contributed by atoms with Crippen LogP contribution in [0.15, 0.2) is 48.5 Å². The monoisotopic (exact) mass is 331 g/mol. The number of ether oxygens (including phenoxy) is 1. The molecule has 1 aliphatic rings. The molecule has 1 saturated heterocycles. The largest absolute Gasteiger partial charge is 0.492 e. The molecule has 0 spiro atoms. The van der Waals surface area contributed by atoms with Crippen LogP contribution in [-0.4, -0.2) is 36.2 Å². The normalized spacial score (nSPS) is 16.4. The molecule has 3 nitrogen and oxygen atoms in total. The molecule has 1 N–H and O–H groups in total. The van der Waals surface area contributed by atoms with Gasteiger partial charge in [0.2, 0.25) is 0 Å². The number of hydrogen-bond donors (Lipinski definition) is 1. The average molecular weight is 332 g/mol. The summed E-state index contributed by atoms with van der Waals surface area (Å²) in [4.78, 5) is 2.43. The molecule has 2 aromatic carbocycles. The van der Waals surface area contributed by atoms with Gasteiger partial charge in [-0.2, -0.15) is 0 Å². The van der Waals surface area contributed by atoms with E-state index in [-0.39, 0.29) is 0 Å². The fourth-order valence-electron chi connectivity index (χ4n) is 2.91. The van der Waals surface area contributed by atoms with Crippen molar-refractivity contribution < 1.29 is 9.84 Å². The molecule has 0 aromatic heterocycles. The van der Waals surface area contributed by atoms with Gasteiger partial charge in [-0.05, 0) is 61.3 Å². The van der Waals surface area contributed by atoms with Gasteiger partial charge < -0.3 is 9.84 Å². The van der Waals surface area contributed by atoms with Gasteiger partial charge in [-0.1, -0.05) is 35.9 Å². The highest BCUT2D eigenvalue weighted by molar-refractivity contribution is 6.30. The van der Waals surface area contributed by atoms with Crippen molar-refractivity contribution >= 4 is 11.6 Å². The van der Waals surface area contributed by atoms with E-state index >= 15 is 0 Å². The zero-order valence-electron chi connectivity index (χ0n) is 13.1. The van der Waals surface area contributed by atoms with Gasteiger partial charge in [0.25, 0.3) is 0 Å². The van der Waals surface area contributed by atoms with Gasteiger partial charge in [0.1, 0.15) is 18.5 Å². The van der Waals surface area contributed by atoms with Gasteiger partial charge >= 0.3 is 0 Å². The topological polar surface area (TPSA) is 32.7 Å². The molecule has 122 valence electrons. The maximum Gasteiger partial charge on any atom is 0.119 e. The second-order valence-electron chi connectivity index (χ2n) is 5.92. The van der Waals surface area contributed by atoms with Crippen LogP contribution in [0.1, 0.15) is 30.1 Å². The Morgan fingerprint density at radius 2 is 1.78 bits per heavy atom. The minimum absolute atomic E-state index is 0.628. The molecular formula is C19H22ClNO2. The van der Waals surface area contributed by atoms with Gasteiger partial charge in [-0.3, -0.25) is 4.90 Å². The summed E-state index contributed by atoms with van der Waals surface area (Å²) >= 11 is 5.98. The molecular weight excluding hydrogens is 310 g/mol. The van der Waals surface area contributed by atoms with Crippen LogP contribution >= 0.6 is 11.6 Å². The molecule has 3 rings (SSSR count). The van der Waals surface area contributed by atoms with Crippen molar-refractivity contribution in [1.82, 2.24) is 4.90 Å². The lowest BCUT2D eigenvalue weighted by molar-refractivity contribution is 0.219. The molecule has 1 fully saturated rings. The Morgan fingerprint density at radius 3 is 2.48 bits per heavy atom. The van der Waals surface area contributed by atoms with E-state index < -0.39 is 6.10 Å². The van der Waals surface area contributed by atoms with Crippen LogP contribution in [0.3, 0.4) is 0 Å². The maximum absolute atomic E-state index is 10.4. The molecule has 4 heteroatoms. The molecule has 0 amide bonds. The van der Waals surface area contributed by atoms with E-state index in [0.29, 0.717) is 11.6 Å². The number of nitrogens with zero attached hydrogens (tertiary/aromatic N) is 1. The van der Waals surface area contributed by atoms with Gasteiger partial charge in [0.05, 0.1) is 0 Å². The summed E-state index contributed by atoms with van der Waals surface area (Å²) < 4.78 is 5.78. The summed E-state index contributed by atoms with van der Waals surface area (Å²) in [6.07, 6.45) is 1.93. The molecule has 0 saturated carbocycles. The lowest BCUT2D eigenvalue weighted by atomic mass is 10.0. The number of likely N-dealkylation sites (tertiary alicyclic amines) is 1. The van der Waals surface area contributed by atoms with Gasteiger partial charge in [0, 0.05) is 11.6 Å². The standard InChI is InChI=1S/C19H22ClNO2/c20-17-5-3-4-16(14-17)19(22)15-6-8-18(9-7-15)23-13-12-21-10-1-2-11-21/h3-9,14,19,22H,1-2,10-13H2. The Morgan fingerprint density at radius 1 is 1.04 bits per heavy atom. The molecule has 23 heavy (non-hydrogen) atoms. The van der Waals surface area contributed by atoms with Crippen molar-refractivity contribution in [3.05, 3.63) is 64.7 Å². The predicted molar refractivity (Wildman–Crippen MR) is 93.1 cm³/mol. The van der Waals surface area contributed by atoms with Crippen LogP contribution in [0.2, 0.25) is 5.02 Å². The number of rotatable bonds is 6. The highest BCUT2D eigenvalue weighted by Crippen LogP contribution is 2.25. The summed E-state index contributed by atoms with van der Waals surface area (Å²) in [6.45, 7) is 4.06. The summed E-state index contributed by atoms with van der Waals surface area (Å²) in [6, 6.07) is 14.9. The first-order valence-corrected chi connectivity index (χ1v) is 8.49. The van der Waals surface area contributed by atoms with Gasteiger partial charge in [0.15, 0.2) is 0 Å². The van der Waals surface area contributed by atoms with E-state index in [2.05, 4.69) is 4.90 Å². The van der Waals surface area contributed by atoms with Crippen molar-refractivity contribution in [1.29, 1.82) is 0 Å². The summed E-state index contributed by atoms with van der Waals surface area (Å²) in [5, 5.41) is 11.0. The zero-order chi connectivity index (χ0) is 16.1. The molecule has 2 aromatic rings. The molecule has 0 radical (unpaired) electrons. The molecule has 1 atom stereocenters. The summed E-state index contributed by atoms with van der Waals surface area (Å²) in [7, 11) is 0. The van der Waals surface area contributed by atoms with Crippen LogP contribution in [-0.2, 0) is 0 Å². The van der Waals surface area contributed by atoms with Crippen molar-refractivity contribution in [3.8, 4) is 5.75 Å². The summed E-state index contributed by atoms with van der Waals surface area (Å²) in [5.41, 5.74) is 1.62. The van der Waals surface area contributed by atoms with Crippen LogP contribution in [0, 0.1) is 0 Å². The van der Waals surface area contributed by atoms with Crippen molar-refractivity contribution in [2.24, 2.45) is 0 Å². The summed E-state index contributed by atoms with van der Waals surface area (Å²) in [5.74, 6) is 0.839. The van der Waals surface area contributed by atoms with Crippen LogP contribution in [0.4, 0.5) is 0 Å². The second-order valence-corrected chi connectivity index (χ2v) is 6.36. The van der Waals surface area contributed by atoms with Gasteiger partial charge in [-0.25, -0.2) is 0 Å². The third kappa shape index (κ3) is 4.47. The number of halogens is 1. The highest BCUT2D eigenvalue weighted by atomic mass is 35.5. The quantitative estimate of drug-likeness (QED) is 0.871. The first-order chi connectivity index (χ1) is 11.2. The van der Waals surface area contributed by atoms with Crippen LogP contribution < -0.4 is 4.74 Å². The van der Waals surface area contributed by atoms with E-state index in [1.807, 2.05) is 36.4 Å². The second kappa shape index (κ2) is 7.82. The maximum atomic E-state index is 10.4. The predicted octanol–water partition coefficient (Wildman–Crippen LogP) is 3.90. The molecule has 1 aliphatic heterocycles. The van der Waals surface area contributed by atoms with Gasteiger partial charge in [-0.15, -0.1) is 0 Å². The minimum atomic E-state index is -0.674. The number of aliphatic hydroxyl groups excluding tert-OH is 1. The van der Waals surface area contributed by atoms with E-state index in [4.69, 9.17) is 16.3 Å².